The van der Waals surface area contributed by atoms with E-state index in [1.54, 1.807) is 16.8 Å². The molecule has 0 amide bonds. The van der Waals surface area contributed by atoms with Crippen molar-refractivity contribution in [3.05, 3.63) is 70.4 Å². The zero-order valence-corrected chi connectivity index (χ0v) is 18.9. The van der Waals surface area contributed by atoms with Crippen LogP contribution in [0.4, 0.5) is 10.2 Å². The molecule has 0 aliphatic carbocycles. The van der Waals surface area contributed by atoms with E-state index in [0.717, 1.165) is 28.0 Å². The van der Waals surface area contributed by atoms with E-state index in [1.165, 1.54) is 6.07 Å². The molecule has 8 heteroatoms. The molecular weight excluding hydrogens is 429 g/mol. The second kappa shape index (κ2) is 8.15. The van der Waals surface area contributed by atoms with Crippen LogP contribution in [-0.4, -0.2) is 39.4 Å². The summed E-state index contributed by atoms with van der Waals surface area (Å²) >= 11 is 5.99. The number of rotatable bonds is 3. The van der Waals surface area contributed by atoms with Crippen LogP contribution in [0.15, 0.2) is 42.7 Å². The number of benzene rings is 1. The molecule has 1 aliphatic heterocycles. The van der Waals surface area contributed by atoms with Gasteiger partial charge in [0.15, 0.2) is 0 Å². The van der Waals surface area contributed by atoms with Gasteiger partial charge in [-0.05, 0) is 49.7 Å². The highest BCUT2D eigenvalue weighted by Crippen LogP contribution is 2.34. The van der Waals surface area contributed by atoms with E-state index in [9.17, 15) is 4.39 Å². The molecule has 1 aromatic carbocycles. The zero-order valence-electron chi connectivity index (χ0n) is 18.1. The summed E-state index contributed by atoms with van der Waals surface area (Å²) in [5.74, 6) is 0.350. The number of aryl methyl sites for hydroxylation is 3. The first-order chi connectivity index (χ1) is 15.4. The lowest BCUT2D eigenvalue weighted by atomic mass is 10.0. The van der Waals surface area contributed by atoms with Crippen molar-refractivity contribution in [1.29, 1.82) is 0 Å². The van der Waals surface area contributed by atoms with Crippen LogP contribution in [0.5, 0.6) is 0 Å². The average molecular weight is 452 g/mol. The van der Waals surface area contributed by atoms with Gasteiger partial charge in [-0.2, -0.15) is 5.10 Å². The number of halogens is 2. The molecular formula is C24H23ClFN5O. The lowest BCUT2D eigenvalue weighted by Gasteiger charge is -2.33. The fourth-order valence-electron chi connectivity index (χ4n) is 4.06. The monoisotopic (exact) mass is 451 g/mol. The summed E-state index contributed by atoms with van der Waals surface area (Å²) in [6, 6.07) is 8.76. The van der Waals surface area contributed by atoms with E-state index in [-0.39, 0.29) is 6.10 Å². The van der Waals surface area contributed by atoms with Crippen LogP contribution in [-0.2, 0) is 11.8 Å². The molecule has 32 heavy (non-hydrogen) atoms. The summed E-state index contributed by atoms with van der Waals surface area (Å²) in [7, 11) is 1.89. The number of pyridine rings is 2. The van der Waals surface area contributed by atoms with Gasteiger partial charge < -0.3 is 9.64 Å². The Hall–Kier alpha value is -3.03. The number of fused-ring (bicyclic) bond motifs is 1. The minimum atomic E-state index is -0.418. The summed E-state index contributed by atoms with van der Waals surface area (Å²) in [5, 5.41) is 5.53. The Balaban J connectivity index is 1.62. The number of aromatic nitrogens is 4. The van der Waals surface area contributed by atoms with Crippen molar-refractivity contribution in [1.82, 2.24) is 19.7 Å². The van der Waals surface area contributed by atoms with Gasteiger partial charge in [-0.25, -0.2) is 9.37 Å². The smallest absolute Gasteiger partial charge is 0.134 e. The van der Waals surface area contributed by atoms with E-state index in [1.807, 2.05) is 39.4 Å². The lowest BCUT2D eigenvalue weighted by Crippen LogP contribution is -2.38. The third-order valence-electron chi connectivity index (χ3n) is 5.90. The fraction of sp³-hybridized carbons (Fsp3) is 0.292. The molecule has 1 aliphatic rings. The maximum Gasteiger partial charge on any atom is 0.134 e. The maximum absolute atomic E-state index is 14.9. The van der Waals surface area contributed by atoms with Gasteiger partial charge in [-0.3, -0.25) is 9.67 Å². The number of ether oxygens (including phenoxy) is 1. The first-order valence-electron chi connectivity index (χ1n) is 10.5. The molecule has 1 saturated heterocycles. The molecule has 1 atom stereocenters. The predicted molar refractivity (Wildman–Crippen MR) is 124 cm³/mol. The molecule has 5 rings (SSSR count). The normalized spacial score (nSPS) is 16.7. The molecule has 3 aromatic heterocycles. The Morgan fingerprint density at radius 1 is 1.16 bits per heavy atom. The van der Waals surface area contributed by atoms with E-state index >= 15 is 0 Å². The average Bonchev–Trinajstić information content (AvgIpc) is 3.21. The van der Waals surface area contributed by atoms with E-state index < -0.39 is 5.82 Å². The Morgan fingerprint density at radius 2 is 2.00 bits per heavy atom. The highest BCUT2D eigenvalue weighted by molar-refractivity contribution is 6.30. The van der Waals surface area contributed by atoms with Crippen molar-refractivity contribution >= 4 is 28.3 Å². The molecule has 0 spiro atoms. The lowest BCUT2D eigenvalue weighted by molar-refractivity contribution is 0.0395. The van der Waals surface area contributed by atoms with Crippen molar-refractivity contribution in [3.63, 3.8) is 0 Å². The minimum Gasteiger partial charge on any atom is -0.370 e. The van der Waals surface area contributed by atoms with Crippen LogP contribution in [0.25, 0.3) is 22.2 Å². The molecule has 1 unspecified atom stereocenters. The zero-order chi connectivity index (χ0) is 22.4. The van der Waals surface area contributed by atoms with Crippen molar-refractivity contribution in [2.24, 2.45) is 7.05 Å². The quantitative estimate of drug-likeness (QED) is 0.438. The molecule has 1 fully saturated rings. The second-order valence-corrected chi connectivity index (χ2v) is 8.60. The van der Waals surface area contributed by atoms with Gasteiger partial charge in [-0.15, -0.1) is 0 Å². The first kappa shape index (κ1) is 20.8. The molecule has 6 nitrogen and oxygen atoms in total. The number of hydrogen-bond donors (Lipinski definition) is 0. The van der Waals surface area contributed by atoms with E-state index in [0.29, 0.717) is 41.5 Å². The van der Waals surface area contributed by atoms with Crippen LogP contribution in [0.3, 0.4) is 0 Å². The van der Waals surface area contributed by atoms with Gasteiger partial charge in [0.05, 0.1) is 18.3 Å². The highest BCUT2D eigenvalue weighted by atomic mass is 35.5. The van der Waals surface area contributed by atoms with Crippen LogP contribution in [0, 0.1) is 19.7 Å². The third-order valence-corrected chi connectivity index (χ3v) is 6.14. The predicted octanol–water partition coefficient (Wildman–Crippen LogP) is 5.02. The first-order valence-corrected chi connectivity index (χ1v) is 10.9. The Bertz CT molecular complexity index is 1320. The summed E-state index contributed by atoms with van der Waals surface area (Å²) in [6.45, 7) is 5.86. The van der Waals surface area contributed by atoms with Crippen LogP contribution < -0.4 is 4.90 Å². The summed E-state index contributed by atoms with van der Waals surface area (Å²) in [5.41, 5.74) is 4.57. The van der Waals surface area contributed by atoms with E-state index in [2.05, 4.69) is 16.1 Å². The Kier molecular flexibility index (Phi) is 5.31. The molecule has 4 aromatic rings. The summed E-state index contributed by atoms with van der Waals surface area (Å²) in [6.07, 6.45) is 3.68. The second-order valence-electron chi connectivity index (χ2n) is 8.17. The molecule has 0 radical (unpaired) electrons. The molecule has 0 bridgehead atoms. The van der Waals surface area contributed by atoms with Gasteiger partial charge in [0.1, 0.15) is 23.4 Å². The largest absolute Gasteiger partial charge is 0.370 e. The highest BCUT2D eigenvalue weighted by Gasteiger charge is 2.25. The van der Waals surface area contributed by atoms with Gasteiger partial charge in [0, 0.05) is 53.6 Å². The van der Waals surface area contributed by atoms with Gasteiger partial charge in [0.2, 0.25) is 0 Å². The van der Waals surface area contributed by atoms with Crippen LogP contribution in [0.1, 0.15) is 22.9 Å². The number of anilines is 1. The standard InChI is InChI=1S/C24H23ClFN5O/c1-14-8-16-9-22(31-6-7-32-21(13-31)17-11-27-30(3)12-17)29-24(23(16)28-15(14)2)19-5-4-18(25)10-20(19)26/h4-5,8-12,21H,6-7,13H2,1-3H3. The van der Waals surface area contributed by atoms with Crippen LogP contribution >= 0.6 is 11.6 Å². The molecule has 0 N–H and O–H groups in total. The molecule has 0 saturated carbocycles. The summed E-state index contributed by atoms with van der Waals surface area (Å²) in [4.78, 5) is 11.8. The van der Waals surface area contributed by atoms with Crippen LogP contribution in [0.2, 0.25) is 5.02 Å². The number of hydrogen-bond acceptors (Lipinski definition) is 5. The van der Waals surface area contributed by atoms with Gasteiger partial charge in [0.25, 0.3) is 0 Å². The number of nitrogens with zero attached hydrogens (tertiary/aromatic N) is 5. The van der Waals surface area contributed by atoms with Gasteiger partial charge >= 0.3 is 0 Å². The summed E-state index contributed by atoms with van der Waals surface area (Å²) < 4.78 is 22.7. The van der Waals surface area contributed by atoms with E-state index in [4.69, 9.17) is 26.3 Å². The molecule has 4 heterocycles. The number of morpholine rings is 1. The van der Waals surface area contributed by atoms with Crippen molar-refractivity contribution in [2.45, 2.75) is 20.0 Å². The Labute approximate surface area is 190 Å². The SMILES string of the molecule is Cc1cc2cc(N3CCOC(c4cnn(C)c4)C3)nc(-c3ccc(Cl)cc3F)c2nc1C. The topological polar surface area (TPSA) is 56.1 Å². The van der Waals surface area contributed by atoms with Crippen molar-refractivity contribution < 1.29 is 9.13 Å². The fourth-order valence-corrected chi connectivity index (χ4v) is 4.22. The third kappa shape index (κ3) is 3.82. The Morgan fingerprint density at radius 3 is 2.75 bits per heavy atom. The van der Waals surface area contributed by atoms with Crippen molar-refractivity contribution in [2.75, 3.05) is 24.6 Å². The van der Waals surface area contributed by atoms with Gasteiger partial charge in [-0.1, -0.05) is 11.6 Å². The maximum atomic E-state index is 14.9. The molecule has 164 valence electrons. The minimum absolute atomic E-state index is 0.108. The van der Waals surface area contributed by atoms with Crippen molar-refractivity contribution in [3.8, 4) is 11.3 Å².